The maximum Gasteiger partial charge on any atom is 0.165 e. The number of methoxy groups -OCH3 is 1. The van der Waals surface area contributed by atoms with Gasteiger partial charge < -0.3 is 4.74 Å². The Bertz CT molecular complexity index is 675. The van der Waals surface area contributed by atoms with Gasteiger partial charge in [-0.15, -0.1) is 23.1 Å². The molecule has 0 radical (unpaired) electrons. The summed E-state index contributed by atoms with van der Waals surface area (Å²) in [5.74, 6) is 1.13. The molecule has 0 fully saturated rings. The van der Waals surface area contributed by atoms with E-state index in [0.29, 0.717) is 13.0 Å². The topological polar surface area (TPSA) is 55.0 Å². The second-order valence-electron chi connectivity index (χ2n) is 6.31. The van der Waals surface area contributed by atoms with Crippen molar-refractivity contribution in [1.29, 1.82) is 0 Å². The lowest BCUT2D eigenvalue weighted by Gasteiger charge is -2.29. The Balaban J connectivity index is 2.05. The Kier molecular flexibility index (Phi) is 4.43. The van der Waals surface area contributed by atoms with Gasteiger partial charge in [0.25, 0.3) is 0 Å². The average molecular weight is 336 g/mol. The molecule has 118 valence electrons. The van der Waals surface area contributed by atoms with Crippen LogP contribution in [0.5, 0.6) is 0 Å². The van der Waals surface area contributed by atoms with Crippen molar-refractivity contribution in [1.82, 2.24) is 10.2 Å². The first-order valence-electron chi connectivity index (χ1n) is 7.32. The van der Waals surface area contributed by atoms with Crippen molar-refractivity contribution in [3.63, 3.8) is 0 Å². The van der Waals surface area contributed by atoms with Gasteiger partial charge in [-0.3, -0.25) is 9.89 Å². The van der Waals surface area contributed by atoms with Crippen LogP contribution in [0.15, 0.2) is 16.5 Å². The summed E-state index contributed by atoms with van der Waals surface area (Å²) in [5, 5.41) is 7.19. The van der Waals surface area contributed by atoms with Crippen molar-refractivity contribution in [2.45, 2.75) is 30.9 Å². The fraction of sp³-hybridized carbons (Fsp3) is 0.500. The molecule has 2 aromatic rings. The Morgan fingerprint density at radius 1 is 1.45 bits per heavy atom. The highest BCUT2D eigenvalue weighted by atomic mass is 32.2. The quantitative estimate of drug-likeness (QED) is 0.661. The number of fused-ring (bicyclic) bond motifs is 1. The van der Waals surface area contributed by atoms with Gasteiger partial charge in [0.05, 0.1) is 15.7 Å². The van der Waals surface area contributed by atoms with Gasteiger partial charge in [0.1, 0.15) is 5.69 Å². The van der Waals surface area contributed by atoms with Crippen molar-refractivity contribution < 1.29 is 9.53 Å². The molecule has 4 nitrogen and oxygen atoms in total. The number of thioether (sulfide) groups is 1. The van der Waals surface area contributed by atoms with E-state index in [0.717, 1.165) is 32.5 Å². The van der Waals surface area contributed by atoms with Gasteiger partial charge >= 0.3 is 0 Å². The predicted molar refractivity (Wildman–Crippen MR) is 90.9 cm³/mol. The van der Waals surface area contributed by atoms with Gasteiger partial charge in [0.2, 0.25) is 0 Å². The van der Waals surface area contributed by atoms with Crippen LogP contribution in [0.4, 0.5) is 0 Å². The van der Waals surface area contributed by atoms with E-state index < -0.39 is 0 Å². The molecule has 1 N–H and O–H groups in total. The molecule has 0 aromatic carbocycles. The number of ether oxygens (including phenoxy) is 1. The molecule has 0 saturated carbocycles. The molecule has 0 aliphatic heterocycles. The highest BCUT2D eigenvalue weighted by Crippen LogP contribution is 2.48. The van der Waals surface area contributed by atoms with E-state index in [9.17, 15) is 4.79 Å². The Hall–Kier alpha value is -1.11. The molecule has 0 spiro atoms. The smallest absolute Gasteiger partial charge is 0.165 e. The van der Waals surface area contributed by atoms with E-state index in [-0.39, 0.29) is 11.2 Å². The number of carbonyl (C=O) groups excluding carboxylic acids is 1. The predicted octanol–water partition coefficient (Wildman–Crippen LogP) is 4.03. The number of H-pyrrole nitrogens is 1. The summed E-state index contributed by atoms with van der Waals surface area (Å²) >= 11 is 3.41. The summed E-state index contributed by atoms with van der Waals surface area (Å²) < 4.78 is 6.24. The lowest BCUT2D eigenvalue weighted by molar-refractivity contribution is 0.0910. The molecule has 1 aliphatic rings. The lowest BCUT2D eigenvalue weighted by Crippen LogP contribution is -2.26. The summed E-state index contributed by atoms with van der Waals surface area (Å²) in [5.41, 5.74) is 3.07. The summed E-state index contributed by atoms with van der Waals surface area (Å²) in [7, 11) is 1.70. The molecule has 1 aliphatic carbocycles. The number of aromatic nitrogens is 2. The largest absolute Gasteiger partial charge is 0.384 e. The SMILES string of the molecule is COCCSc1sc(-c2cc[nH]n2)c2c1C(=O)CC(C)(C)C2. The highest BCUT2D eigenvalue weighted by Gasteiger charge is 2.36. The zero-order chi connectivity index (χ0) is 15.7. The van der Waals surface area contributed by atoms with Crippen molar-refractivity contribution >= 4 is 28.9 Å². The number of ketones is 1. The third-order valence-corrected chi connectivity index (χ3v) is 6.29. The number of aromatic amines is 1. The fourth-order valence-corrected chi connectivity index (χ4v) is 5.46. The van der Waals surface area contributed by atoms with Crippen LogP contribution < -0.4 is 0 Å². The molecule has 2 aromatic heterocycles. The number of carbonyl (C=O) groups is 1. The summed E-state index contributed by atoms with van der Waals surface area (Å²) in [4.78, 5) is 13.8. The second kappa shape index (κ2) is 6.18. The number of Topliss-reactive ketones (excluding diaryl/α,β-unsaturated/α-hetero) is 1. The second-order valence-corrected chi connectivity index (χ2v) is 8.70. The number of nitrogens with zero attached hydrogens (tertiary/aromatic N) is 1. The molecule has 3 rings (SSSR count). The Morgan fingerprint density at radius 3 is 2.95 bits per heavy atom. The molecule has 0 unspecified atom stereocenters. The molecule has 0 amide bonds. The van der Waals surface area contributed by atoms with E-state index >= 15 is 0 Å². The van der Waals surface area contributed by atoms with E-state index in [2.05, 4.69) is 24.0 Å². The number of rotatable bonds is 5. The Labute approximate surface area is 138 Å². The minimum atomic E-state index is 0.0185. The first kappa shape index (κ1) is 15.8. The zero-order valence-electron chi connectivity index (χ0n) is 13.1. The average Bonchev–Trinajstić information content (AvgIpc) is 3.05. The number of hydrogen-bond donors (Lipinski definition) is 1. The molecule has 22 heavy (non-hydrogen) atoms. The molecular weight excluding hydrogens is 316 g/mol. The maximum absolute atomic E-state index is 12.7. The van der Waals surface area contributed by atoms with Crippen molar-refractivity contribution in [2.24, 2.45) is 5.41 Å². The summed E-state index contributed by atoms with van der Waals surface area (Å²) in [6.07, 6.45) is 3.38. The van der Waals surface area contributed by atoms with E-state index in [1.807, 2.05) is 12.3 Å². The standard InChI is InChI=1S/C16H20N2O2S2/c1-16(2)8-10-13(12(19)9-16)15(21-7-6-20-3)22-14(10)11-4-5-17-18-11/h4-5H,6-9H2,1-3H3,(H,17,18). The third-order valence-electron chi connectivity index (χ3n) is 3.80. The van der Waals surface area contributed by atoms with Crippen LogP contribution in [0.3, 0.4) is 0 Å². The minimum absolute atomic E-state index is 0.0185. The van der Waals surface area contributed by atoms with Crippen LogP contribution in [0.2, 0.25) is 0 Å². The molecule has 0 atom stereocenters. The Morgan fingerprint density at radius 2 is 2.27 bits per heavy atom. The monoisotopic (exact) mass is 336 g/mol. The zero-order valence-corrected chi connectivity index (χ0v) is 14.7. The highest BCUT2D eigenvalue weighted by molar-refractivity contribution is 8.01. The lowest BCUT2D eigenvalue weighted by atomic mass is 9.74. The molecule has 2 heterocycles. The van der Waals surface area contributed by atoms with E-state index in [1.165, 1.54) is 5.56 Å². The maximum atomic E-state index is 12.7. The van der Waals surface area contributed by atoms with Crippen LogP contribution in [0.25, 0.3) is 10.6 Å². The summed E-state index contributed by atoms with van der Waals surface area (Å²) in [6.45, 7) is 5.02. The number of nitrogens with one attached hydrogen (secondary N) is 1. The van der Waals surface area contributed by atoms with Crippen LogP contribution in [0, 0.1) is 5.41 Å². The van der Waals surface area contributed by atoms with Gasteiger partial charge in [0.15, 0.2) is 5.78 Å². The van der Waals surface area contributed by atoms with Crippen molar-refractivity contribution in [2.75, 3.05) is 19.5 Å². The van der Waals surface area contributed by atoms with Crippen LogP contribution in [-0.4, -0.2) is 35.5 Å². The fourth-order valence-electron chi connectivity index (χ4n) is 2.87. The normalized spacial score (nSPS) is 16.8. The van der Waals surface area contributed by atoms with Crippen LogP contribution in [0.1, 0.15) is 36.2 Å². The first-order valence-corrected chi connectivity index (χ1v) is 9.13. The van der Waals surface area contributed by atoms with Crippen LogP contribution >= 0.6 is 23.1 Å². The van der Waals surface area contributed by atoms with Gasteiger partial charge in [-0.25, -0.2) is 0 Å². The third kappa shape index (κ3) is 3.00. The summed E-state index contributed by atoms with van der Waals surface area (Å²) in [6, 6.07) is 1.97. The molecule has 6 heteroatoms. The van der Waals surface area contributed by atoms with Crippen molar-refractivity contribution in [3.8, 4) is 10.6 Å². The van der Waals surface area contributed by atoms with Gasteiger partial charge in [-0.1, -0.05) is 13.8 Å². The van der Waals surface area contributed by atoms with Crippen molar-refractivity contribution in [3.05, 3.63) is 23.4 Å². The van der Waals surface area contributed by atoms with Gasteiger partial charge in [-0.05, 0) is 23.5 Å². The number of thiophene rings is 1. The van der Waals surface area contributed by atoms with E-state index in [1.54, 1.807) is 30.2 Å². The number of hydrogen-bond acceptors (Lipinski definition) is 5. The molecule has 0 saturated heterocycles. The first-order chi connectivity index (χ1) is 10.5. The van der Waals surface area contributed by atoms with Gasteiger partial charge in [-0.2, -0.15) is 5.10 Å². The molecular formula is C16H20N2O2S2. The van der Waals surface area contributed by atoms with Crippen LogP contribution in [-0.2, 0) is 11.2 Å². The van der Waals surface area contributed by atoms with E-state index in [4.69, 9.17) is 4.74 Å². The van der Waals surface area contributed by atoms with Gasteiger partial charge in [0, 0.05) is 31.0 Å². The molecule has 0 bridgehead atoms. The minimum Gasteiger partial charge on any atom is -0.384 e.